The average Bonchev–Trinajstić information content (AvgIpc) is 3.04. The summed E-state index contributed by atoms with van der Waals surface area (Å²) in [6.45, 7) is 0.371. The van der Waals surface area contributed by atoms with Gasteiger partial charge >= 0.3 is 5.97 Å². The van der Waals surface area contributed by atoms with Crippen LogP contribution in [0, 0.1) is 5.92 Å². The van der Waals surface area contributed by atoms with E-state index in [9.17, 15) is 22.8 Å². The van der Waals surface area contributed by atoms with Crippen LogP contribution in [-0.4, -0.2) is 57.8 Å². The Morgan fingerprint density at radius 3 is 2.21 bits per heavy atom. The van der Waals surface area contributed by atoms with Crippen molar-refractivity contribution in [2.24, 2.45) is 5.92 Å². The number of sulfonamides is 1. The maximum atomic E-state index is 13.0. The highest BCUT2D eigenvalue weighted by molar-refractivity contribution is 7.89. The molecule has 0 aromatic heterocycles. The van der Waals surface area contributed by atoms with Gasteiger partial charge in [-0.1, -0.05) is 0 Å². The zero-order valence-corrected chi connectivity index (χ0v) is 16.5. The van der Waals surface area contributed by atoms with Crippen molar-refractivity contribution < 1.29 is 32.3 Å². The molecule has 3 rings (SSSR count). The summed E-state index contributed by atoms with van der Waals surface area (Å²) in [6.07, 6.45) is 0.913. The van der Waals surface area contributed by atoms with Gasteiger partial charge in [0.05, 0.1) is 30.7 Å². The fraction of sp³-hybridized carbons (Fsp3) is 0.500. The van der Waals surface area contributed by atoms with E-state index in [1.54, 1.807) is 0 Å². The number of ether oxygens (including phenoxy) is 2. The molecule has 0 N–H and O–H groups in total. The van der Waals surface area contributed by atoms with Gasteiger partial charge in [0, 0.05) is 25.9 Å². The molecule has 0 atom stereocenters. The van der Waals surface area contributed by atoms with Gasteiger partial charge in [-0.2, -0.15) is 4.31 Å². The number of esters is 1. The van der Waals surface area contributed by atoms with Gasteiger partial charge in [0.2, 0.25) is 21.8 Å². The first-order chi connectivity index (χ1) is 13.3. The van der Waals surface area contributed by atoms with Gasteiger partial charge in [-0.3, -0.25) is 14.4 Å². The molecule has 2 aliphatic heterocycles. The number of carbonyl (C=O) groups is 3. The summed E-state index contributed by atoms with van der Waals surface area (Å²) in [5, 5.41) is 0. The molecule has 0 aliphatic carbocycles. The van der Waals surface area contributed by atoms with Gasteiger partial charge in [0.1, 0.15) is 5.75 Å². The fourth-order valence-corrected chi connectivity index (χ4v) is 4.99. The van der Waals surface area contributed by atoms with E-state index in [1.807, 2.05) is 0 Å². The number of amides is 2. The molecule has 0 saturated carbocycles. The number of nitrogens with zero attached hydrogens (tertiary/aromatic N) is 2. The minimum absolute atomic E-state index is 0.0349. The predicted octanol–water partition coefficient (Wildman–Crippen LogP) is 0.922. The molecule has 2 heterocycles. The third kappa shape index (κ3) is 3.61. The Hall–Kier alpha value is -2.46. The van der Waals surface area contributed by atoms with Crippen molar-refractivity contribution in [1.29, 1.82) is 0 Å². The first kappa shape index (κ1) is 20.3. The predicted molar refractivity (Wildman–Crippen MR) is 98.2 cm³/mol. The maximum Gasteiger partial charge on any atom is 0.308 e. The van der Waals surface area contributed by atoms with E-state index in [0.29, 0.717) is 12.8 Å². The zero-order valence-electron chi connectivity index (χ0n) is 15.7. The number of imide groups is 1. The number of hydrogen-bond acceptors (Lipinski definition) is 7. The molecular formula is C18H22N2O7S. The van der Waals surface area contributed by atoms with Crippen LogP contribution in [0.25, 0.3) is 0 Å². The molecule has 9 nitrogen and oxygen atoms in total. The van der Waals surface area contributed by atoms with Crippen LogP contribution in [0.15, 0.2) is 23.1 Å². The van der Waals surface area contributed by atoms with Crippen molar-refractivity contribution >= 4 is 33.5 Å². The van der Waals surface area contributed by atoms with E-state index in [4.69, 9.17) is 9.47 Å². The van der Waals surface area contributed by atoms with E-state index in [2.05, 4.69) is 0 Å². The summed E-state index contributed by atoms with van der Waals surface area (Å²) in [6, 6.07) is 4.11. The highest BCUT2D eigenvalue weighted by atomic mass is 32.2. The molecule has 2 aliphatic rings. The minimum Gasteiger partial charge on any atom is -0.495 e. The van der Waals surface area contributed by atoms with Crippen molar-refractivity contribution in [1.82, 2.24) is 4.31 Å². The van der Waals surface area contributed by atoms with E-state index >= 15 is 0 Å². The molecule has 1 aromatic carbocycles. The molecule has 152 valence electrons. The molecular weight excluding hydrogens is 388 g/mol. The standard InChI is InChI=1S/C18H22N2O7S/c1-26-15-4-3-13(11-14(15)20-16(21)5-6-17(20)22)28(24,25)19-9-7-12(8-10-19)18(23)27-2/h3-4,11-12H,5-10H2,1-2H3. The molecule has 28 heavy (non-hydrogen) atoms. The maximum absolute atomic E-state index is 13.0. The minimum atomic E-state index is -3.85. The number of piperidine rings is 1. The molecule has 10 heteroatoms. The number of carbonyl (C=O) groups excluding carboxylic acids is 3. The molecule has 0 unspecified atom stereocenters. The van der Waals surface area contributed by atoms with Crippen LogP contribution in [-0.2, 0) is 29.1 Å². The van der Waals surface area contributed by atoms with Crippen LogP contribution in [0.5, 0.6) is 5.75 Å². The second kappa shape index (κ2) is 7.88. The Morgan fingerprint density at radius 2 is 1.68 bits per heavy atom. The molecule has 0 radical (unpaired) electrons. The van der Waals surface area contributed by atoms with Gasteiger partial charge in [0.15, 0.2) is 0 Å². The highest BCUT2D eigenvalue weighted by Gasteiger charge is 2.36. The number of anilines is 1. The lowest BCUT2D eigenvalue weighted by Gasteiger charge is -2.30. The topological polar surface area (TPSA) is 110 Å². The zero-order chi connectivity index (χ0) is 20.5. The third-order valence-electron chi connectivity index (χ3n) is 5.07. The molecule has 0 spiro atoms. The Bertz CT molecular complexity index is 889. The molecule has 2 fully saturated rings. The smallest absolute Gasteiger partial charge is 0.308 e. The van der Waals surface area contributed by atoms with E-state index in [1.165, 1.54) is 36.7 Å². The van der Waals surface area contributed by atoms with Crippen LogP contribution < -0.4 is 9.64 Å². The highest BCUT2D eigenvalue weighted by Crippen LogP contribution is 2.35. The fourth-order valence-electron chi connectivity index (χ4n) is 3.50. The Morgan fingerprint density at radius 1 is 1.07 bits per heavy atom. The van der Waals surface area contributed by atoms with Crippen LogP contribution in [0.3, 0.4) is 0 Å². The quantitative estimate of drug-likeness (QED) is 0.524. The SMILES string of the molecule is COC(=O)C1CCN(S(=O)(=O)c2ccc(OC)c(N3C(=O)CCC3=O)c2)CC1. The lowest BCUT2D eigenvalue weighted by atomic mass is 9.99. The largest absolute Gasteiger partial charge is 0.495 e. The van der Waals surface area contributed by atoms with Gasteiger partial charge in [-0.05, 0) is 31.0 Å². The van der Waals surface area contributed by atoms with E-state index in [-0.39, 0.29) is 54.2 Å². The van der Waals surface area contributed by atoms with Gasteiger partial charge in [-0.25, -0.2) is 13.3 Å². The number of methoxy groups -OCH3 is 2. The average molecular weight is 410 g/mol. The van der Waals surface area contributed by atoms with Gasteiger partial charge in [0.25, 0.3) is 0 Å². The molecule has 1 aromatic rings. The Balaban J connectivity index is 1.89. The lowest BCUT2D eigenvalue weighted by molar-refractivity contribution is -0.146. The van der Waals surface area contributed by atoms with Crippen molar-refractivity contribution in [3.63, 3.8) is 0 Å². The third-order valence-corrected chi connectivity index (χ3v) is 6.96. The van der Waals surface area contributed by atoms with Crippen molar-refractivity contribution in [2.45, 2.75) is 30.6 Å². The monoisotopic (exact) mass is 410 g/mol. The summed E-state index contributed by atoms with van der Waals surface area (Å²) >= 11 is 0. The van der Waals surface area contributed by atoms with Gasteiger partial charge in [-0.15, -0.1) is 0 Å². The molecule has 2 saturated heterocycles. The second-order valence-electron chi connectivity index (χ2n) is 6.66. The lowest BCUT2D eigenvalue weighted by Crippen LogP contribution is -2.40. The first-order valence-electron chi connectivity index (χ1n) is 8.91. The summed E-state index contributed by atoms with van der Waals surface area (Å²) < 4.78 is 37.3. The van der Waals surface area contributed by atoms with Crippen molar-refractivity contribution in [2.75, 3.05) is 32.2 Å². The van der Waals surface area contributed by atoms with Crippen LogP contribution in [0.2, 0.25) is 0 Å². The number of benzene rings is 1. The van der Waals surface area contributed by atoms with Crippen molar-refractivity contribution in [3.05, 3.63) is 18.2 Å². The Kier molecular flexibility index (Phi) is 5.71. The molecule has 0 bridgehead atoms. The van der Waals surface area contributed by atoms with E-state index < -0.39 is 21.8 Å². The number of hydrogen-bond donors (Lipinski definition) is 0. The van der Waals surface area contributed by atoms with Gasteiger partial charge < -0.3 is 9.47 Å². The summed E-state index contributed by atoms with van der Waals surface area (Å²) in [5.74, 6) is -1.20. The van der Waals surface area contributed by atoms with E-state index in [0.717, 1.165) is 4.90 Å². The second-order valence-corrected chi connectivity index (χ2v) is 8.60. The summed E-state index contributed by atoms with van der Waals surface area (Å²) in [5.41, 5.74) is 0.125. The molecule has 2 amide bonds. The Labute approximate surface area is 163 Å². The normalized spacial score (nSPS) is 19.1. The summed E-state index contributed by atoms with van der Waals surface area (Å²) in [7, 11) is -1.16. The number of rotatable bonds is 5. The van der Waals surface area contributed by atoms with Crippen LogP contribution in [0.1, 0.15) is 25.7 Å². The van der Waals surface area contributed by atoms with Crippen LogP contribution >= 0.6 is 0 Å². The van der Waals surface area contributed by atoms with Crippen LogP contribution in [0.4, 0.5) is 5.69 Å². The van der Waals surface area contributed by atoms with Crippen molar-refractivity contribution in [3.8, 4) is 5.75 Å². The first-order valence-corrected chi connectivity index (χ1v) is 10.4. The summed E-state index contributed by atoms with van der Waals surface area (Å²) in [4.78, 5) is 36.8.